The maximum Gasteiger partial charge on any atom is 0.0823 e. The molecule has 2 unspecified atom stereocenters. The second kappa shape index (κ2) is 8.93. The number of nitrogens with two attached hydrogens (primary N) is 1. The van der Waals surface area contributed by atoms with Gasteiger partial charge in [0.2, 0.25) is 0 Å². The third-order valence-corrected chi connectivity index (χ3v) is 4.41. The minimum atomic E-state index is -0.111. The quantitative estimate of drug-likeness (QED) is 0.626. The lowest BCUT2D eigenvalue weighted by atomic mass is 9.81. The first kappa shape index (κ1) is 16.9. The molecule has 0 fully saturated rings. The van der Waals surface area contributed by atoms with Crippen molar-refractivity contribution < 1.29 is 4.74 Å². The Bertz CT molecular complexity index is 169. The first-order chi connectivity index (χ1) is 8.10. The molecule has 0 radical (unpaired) electrons. The van der Waals surface area contributed by atoms with Gasteiger partial charge in [-0.05, 0) is 25.2 Å². The van der Waals surface area contributed by atoms with E-state index in [0.29, 0.717) is 0 Å². The molecule has 0 rings (SSSR count). The molecule has 0 bridgehead atoms. The van der Waals surface area contributed by atoms with E-state index in [1.807, 2.05) is 0 Å². The van der Waals surface area contributed by atoms with Gasteiger partial charge >= 0.3 is 0 Å². The predicted octanol–water partition coefficient (Wildman–Crippen LogP) is 4.13. The van der Waals surface area contributed by atoms with Gasteiger partial charge < -0.3 is 10.5 Å². The number of hydrogen-bond donors (Lipinski definition) is 1. The molecule has 104 valence electrons. The monoisotopic (exact) mass is 243 g/mol. The van der Waals surface area contributed by atoms with E-state index in [4.69, 9.17) is 10.5 Å². The molecule has 0 saturated carbocycles. The van der Waals surface area contributed by atoms with Crippen molar-refractivity contribution in [2.45, 2.75) is 84.3 Å². The van der Waals surface area contributed by atoms with Crippen LogP contribution in [0.1, 0.15) is 72.6 Å². The van der Waals surface area contributed by atoms with Crippen LogP contribution in [0.25, 0.3) is 0 Å². The van der Waals surface area contributed by atoms with Gasteiger partial charge in [-0.3, -0.25) is 0 Å². The molecule has 0 aromatic rings. The Morgan fingerprint density at radius 3 is 2.06 bits per heavy atom. The summed E-state index contributed by atoms with van der Waals surface area (Å²) >= 11 is 0. The topological polar surface area (TPSA) is 35.2 Å². The lowest BCUT2D eigenvalue weighted by Gasteiger charge is -2.38. The lowest BCUT2D eigenvalue weighted by Crippen LogP contribution is -2.49. The maximum absolute atomic E-state index is 6.41. The highest BCUT2D eigenvalue weighted by molar-refractivity contribution is 4.90. The predicted molar refractivity (Wildman–Crippen MR) is 76.2 cm³/mol. The summed E-state index contributed by atoms with van der Waals surface area (Å²) in [6, 6.07) is 0.171. The van der Waals surface area contributed by atoms with E-state index in [-0.39, 0.29) is 11.6 Å². The third-order valence-electron chi connectivity index (χ3n) is 4.41. The Morgan fingerprint density at radius 1 is 1.12 bits per heavy atom. The highest BCUT2D eigenvalue weighted by atomic mass is 16.5. The summed E-state index contributed by atoms with van der Waals surface area (Å²) in [6.07, 6.45) is 8.27. The number of rotatable bonds is 10. The lowest BCUT2D eigenvalue weighted by molar-refractivity contribution is -0.0432. The van der Waals surface area contributed by atoms with Crippen molar-refractivity contribution in [1.82, 2.24) is 0 Å². The molecule has 2 heteroatoms. The van der Waals surface area contributed by atoms with Gasteiger partial charge in [0.05, 0.1) is 5.60 Å². The van der Waals surface area contributed by atoms with Gasteiger partial charge in [0.1, 0.15) is 0 Å². The van der Waals surface area contributed by atoms with Gasteiger partial charge in [-0.25, -0.2) is 0 Å². The van der Waals surface area contributed by atoms with E-state index < -0.39 is 0 Å². The molecule has 0 aromatic heterocycles. The zero-order valence-corrected chi connectivity index (χ0v) is 12.6. The fraction of sp³-hybridized carbons (Fsp3) is 1.00. The molecule has 0 amide bonds. The summed E-state index contributed by atoms with van der Waals surface area (Å²) in [5.41, 5.74) is 6.30. The Morgan fingerprint density at radius 2 is 1.71 bits per heavy atom. The molecule has 0 aliphatic rings. The second-order valence-electron chi connectivity index (χ2n) is 5.23. The van der Waals surface area contributed by atoms with Crippen LogP contribution in [-0.4, -0.2) is 18.8 Å². The van der Waals surface area contributed by atoms with Gasteiger partial charge in [0.25, 0.3) is 0 Å². The first-order valence-electron chi connectivity index (χ1n) is 7.40. The smallest absolute Gasteiger partial charge is 0.0823 e. The van der Waals surface area contributed by atoms with Gasteiger partial charge in [0, 0.05) is 13.2 Å². The van der Waals surface area contributed by atoms with Crippen molar-refractivity contribution in [3.63, 3.8) is 0 Å². The zero-order valence-electron chi connectivity index (χ0n) is 12.6. The molecule has 0 heterocycles. The largest absolute Gasteiger partial charge is 0.377 e. The van der Waals surface area contributed by atoms with E-state index in [1.165, 1.54) is 25.7 Å². The third kappa shape index (κ3) is 4.97. The van der Waals surface area contributed by atoms with Gasteiger partial charge in [-0.15, -0.1) is 0 Å². The summed E-state index contributed by atoms with van der Waals surface area (Å²) in [5, 5.41) is 0. The van der Waals surface area contributed by atoms with Crippen LogP contribution in [0.4, 0.5) is 0 Å². The normalized spacial score (nSPS) is 15.9. The summed E-state index contributed by atoms with van der Waals surface area (Å²) in [6.45, 7) is 8.89. The van der Waals surface area contributed by atoms with E-state index >= 15 is 0 Å². The Labute approximate surface area is 108 Å². The van der Waals surface area contributed by atoms with Crippen molar-refractivity contribution in [3.8, 4) is 0 Å². The SMILES string of the molecule is CCCCC(CC)CC(N)C(CC)(CC)OC. The Balaban J connectivity index is 4.40. The molecule has 0 saturated heterocycles. The van der Waals surface area contributed by atoms with E-state index in [2.05, 4.69) is 27.7 Å². The summed E-state index contributed by atoms with van der Waals surface area (Å²) in [7, 11) is 1.81. The van der Waals surface area contributed by atoms with Crippen molar-refractivity contribution in [2.24, 2.45) is 11.7 Å². The molecular weight excluding hydrogens is 210 g/mol. The van der Waals surface area contributed by atoms with Gasteiger partial charge in [0.15, 0.2) is 0 Å². The molecule has 0 aliphatic carbocycles. The van der Waals surface area contributed by atoms with Crippen molar-refractivity contribution >= 4 is 0 Å². The van der Waals surface area contributed by atoms with Crippen molar-refractivity contribution in [2.75, 3.05) is 7.11 Å². The maximum atomic E-state index is 6.41. The number of hydrogen-bond acceptors (Lipinski definition) is 2. The van der Waals surface area contributed by atoms with Crippen LogP contribution in [0.3, 0.4) is 0 Å². The highest BCUT2D eigenvalue weighted by Gasteiger charge is 2.34. The van der Waals surface area contributed by atoms with Crippen LogP contribution in [0, 0.1) is 5.92 Å². The Hall–Kier alpha value is -0.0800. The summed E-state index contributed by atoms with van der Waals surface area (Å²) in [5.74, 6) is 0.762. The number of methoxy groups -OCH3 is 1. The number of unbranched alkanes of at least 4 members (excludes halogenated alkanes) is 1. The van der Waals surface area contributed by atoms with Gasteiger partial charge in [-0.1, -0.05) is 53.4 Å². The van der Waals surface area contributed by atoms with Crippen LogP contribution in [0.15, 0.2) is 0 Å². The molecule has 2 atom stereocenters. The summed E-state index contributed by atoms with van der Waals surface area (Å²) < 4.78 is 5.72. The average molecular weight is 243 g/mol. The molecule has 2 N–H and O–H groups in total. The standard InChI is InChI=1S/C15H33NO/c1-6-10-11-13(7-2)12-14(16)15(8-3,9-4)17-5/h13-14H,6-12,16H2,1-5H3. The first-order valence-corrected chi connectivity index (χ1v) is 7.40. The van der Waals surface area contributed by atoms with Crippen LogP contribution in [0.2, 0.25) is 0 Å². The highest BCUT2D eigenvalue weighted by Crippen LogP contribution is 2.29. The van der Waals surface area contributed by atoms with Crippen molar-refractivity contribution in [3.05, 3.63) is 0 Å². The molecule has 2 nitrogen and oxygen atoms in total. The fourth-order valence-corrected chi connectivity index (χ4v) is 2.77. The van der Waals surface area contributed by atoms with E-state index in [1.54, 1.807) is 7.11 Å². The minimum absolute atomic E-state index is 0.111. The average Bonchev–Trinajstić information content (AvgIpc) is 2.37. The second-order valence-corrected chi connectivity index (χ2v) is 5.23. The van der Waals surface area contributed by atoms with E-state index in [9.17, 15) is 0 Å². The molecule has 17 heavy (non-hydrogen) atoms. The van der Waals surface area contributed by atoms with Crippen LogP contribution in [-0.2, 0) is 4.74 Å². The fourth-order valence-electron chi connectivity index (χ4n) is 2.77. The summed E-state index contributed by atoms with van der Waals surface area (Å²) in [4.78, 5) is 0. The Kier molecular flexibility index (Phi) is 8.89. The molecular formula is C15H33NO. The molecule has 0 aliphatic heterocycles. The van der Waals surface area contributed by atoms with E-state index in [0.717, 1.165) is 25.2 Å². The van der Waals surface area contributed by atoms with Crippen molar-refractivity contribution in [1.29, 1.82) is 0 Å². The van der Waals surface area contributed by atoms with Crippen LogP contribution in [0.5, 0.6) is 0 Å². The minimum Gasteiger partial charge on any atom is -0.377 e. The van der Waals surface area contributed by atoms with Gasteiger partial charge in [-0.2, -0.15) is 0 Å². The van der Waals surface area contributed by atoms with Crippen LogP contribution < -0.4 is 5.73 Å². The van der Waals surface area contributed by atoms with Crippen LogP contribution >= 0.6 is 0 Å². The number of ether oxygens (including phenoxy) is 1. The molecule has 0 aromatic carbocycles. The molecule has 0 spiro atoms. The zero-order chi connectivity index (χ0) is 13.3.